The Morgan fingerprint density at radius 3 is 2.67 bits per heavy atom. The van der Waals surface area contributed by atoms with Crippen LogP contribution in [0.1, 0.15) is 13.3 Å². The maximum Gasteiger partial charge on any atom is 0.236 e. The third-order valence-electron chi connectivity index (χ3n) is 3.42. The Labute approximate surface area is 111 Å². The first kappa shape index (κ1) is 11.8. The predicted molar refractivity (Wildman–Crippen MR) is 76.0 cm³/mol. The van der Waals surface area contributed by atoms with Gasteiger partial charge < -0.3 is 0 Å². The summed E-state index contributed by atoms with van der Waals surface area (Å²) in [4.78, 5) is 18.8. The van der Waals surface area contributed by atoms with Crippen LogP contribution in [0.25, 0.3) is 0 Å². The van der Waals surface area contributed by atoms with E-state index in [0.29, 0.717) is 5.92 Å². The van der Waals surface area contributed by atoms with E-state index in [1.165, 1.54) is 0 Å². The van der Waals surface area contributed by atoms with Crippen molar-refractivity contribution >= 4 is 28.5 Å². The molecule has 2 aliphatic rings. The molecular weight excluding hydrogens is 244 g/mol. The molecule has 1 fully saturated rings. The van der Waals surface area contributed by atoms with E-state index in [2.05, 4.69) is 11.9 Å². The van der Waals surface area contributed by atoms with Crippen LogP contribution in [-0.4, -0.2) is 23.4 Å². The fourth-order valence-electron chi connectivity index (χ4n) is 2.20. The maximum atomic E-state index is 12.5. The Morgan fingerprint density at radius 2 is 2.11 bits per heavy atom. The highest BCUT2D eigenvalue weighted by molar-refractivity contribution is 8.14. The van der Waals surface area contributed by atoms with Gasteiger partial charge in [0.05, 0.1) is 12.2 Å². The van der Waals surface area contributed by atoms with Crippen molar-refractivity contribution in [1.29, 1.82) is 0 Å². The summed E-state index contributed by atoms with van der Waals surface area (Å²) in [6.07, 6.45) is 1.01. The minimum atomic E-state index is 0.189. The van der Waals surface area contributed by atoms with E-state index in [1.807, 2.05) is 35.2 Å². The van der Waals surface area contributed by atoms with Crippen LogP contribution < -0.4 is 4.90 Å². The van der Waals surface area contributed by atoms with E-state index < -0.39 is 0 Å². The normalized spacial score (nSPS) is 25.7. The number of nitrogens with zero attached hydrogens (tertiary/aromatic N) is 2. The molecule has 3 nitrogen and oxygen atoms in total. The number of thioether (sulfide) groups is 1. The number of amidine groups is 1. The number of benzene rings is 1. The molecule has 3 rings (SSSR count). The third-order valence-corrected chi connectivity index (χ3v) is 4.38. The fraction of sp³-hybridized carbons (Fsp3) is 0.429. The Bertz CT molecular complexity index is 486. The molecule has 1 saturated carbocycles. The summed E-state index contributed by atoms with van der Waals surface area (Å²) in [6.45, 7) is 2.95. The SMILES string of the molecule is C[C@@H]1C[C@@H]1C(=O)N(C1=NCCS1)c1ccccc1. The Kier molecular flexibility index (Phi) is 3.12. The van der Waals surface area contributed by atoms with Crippen molar-refractivity contribution in [3.05, 3.63) is 30.3 Å². The monoisotopic (exact) mass is 260 g/mol. The van der Waals surface area contributed by atoms with Crippen LogP contribution in [0, 0.1) is 11.8 Å². The van der Waals surface area contributed by atoms with Gasteiger partial charge in [0, 0.05) is 11.7 Å². The molecule has 0 unspecified atom stereocenters. The quantitative estimate of drug-likeness (QED) is 0.819. The van der Waals surface area contributed by atoms with E-state index in [9.17, 15) is 4.79 Å². The van der Waals surface area contributed by atoms with Gasteiger partial charge in [0.15, 0.2) is 5.17 Å². The first-order valence-corrected chi connectivity index (χ1v) is 7.32. The first-order chi connectivity index (χ1) is 8.77. The van der Waals surface area contributed by atoms with E-state index in [-0.39, 0.29) is 11.8 Å². The summed E-state index contributed by atoms with van der Waals surface area (Å²) in [5, 5.41) is 0.866. The Balaban J connectivity index is 1.91. The van der Waals surface area contributed by atoms with Crippen molar-refractivity contribution in [2.45, 2.75) is 13.3 Å². The van der Waals surface area contributed by atoms with E-state index >= 15 is 0 Å². The molecule has 1 aromatic carbocycles. The number of aliphatic imine (C=N–C) groups is 1. The van der Waals surface area contributed by atoms with Crippen molar-refractivity contribution in [2.24, 2.45) is 16.8 Å². The summed E-state index contributed by atoms with van der Waals surface area (Å²) in [5.41, 5.74) is 0.940. The van der Waals surface area contributed by atoms with E-state index in [0.717, 1.165) is 29.6 Å². The van der Waals surface area contributed by atoms with Crippen LogP contribution in [0.3, 0.4) is 0 Å². The number of rotatable bonds is 2. The third kappa shape index (κ3) is 2.17. The van der Waals surface area contributed by atoms with Crippen LogP contribution in [0.5, 0.6) is 0 Å². The lowest BCUT2D eigenvalue weighted by Gasteiger charge is -2.22. The summed E-state index contributed by atoms with van der Waals surface area (Å²) < 4.78 is 0. The predicted octanol–water partition coefficient (Wildman–Crippen LogP) is 2.78. The van der Waals surface area contributed by atoms with Gasteiger partial charge in [0.25, 0.3) is 0 Å². The van der Waals surface area contributed by atoms with Gasteiger partial charge in [-0.05, 0) is 24.5 Å². The molecule has 94 valence electrons. The van der Waals surface area contributed by atoms with Gasteiger partial charge in [-0.1, -0.05) is 36.9 Å². The van der Waals surface area contributed by atoms with Crippen LogP contribution in [-0.2, 0) is 4.79 Å². The molecule has 0 saturated heterocycles. The molecule has 18 heavy (non-hydrogen) atoms. The van der Waals surface area contributed by atoms with Gasteiger partial charge in [-0.15, -0.1) is 0 Å². The van der Waals surface area contributed by atoms with Crippen LogP contribution in [0.4, 0.5) is 5.69 Å². The Hall–Kier alpha value is -1.29. The van der Waals surface area contributed by atoms with Gasteiger partial charge in [0.2, 0.25) is 5.91 Å². The van der Waals surface area contributed by atoms with Crippen molar-refractivity contribution in [3.63, 3.8) is 0 Å². The second kappa shape index (κ2) is 4.76. The van der Waals surface area contributed by atoms with Gasteiger partial charge in [0.1, 0.15) is 0 Å². The summed E-state index contributed by atoms with van der Waals surface area (Å²) >= 11 is 1.68. The molecular formula is C14H16N2OS. The molecule has 1 amide bonds. The van der Waals surface area contributed by atoms with E-state index in [4.69, 9.17) is 0 Å². The molecule has 0 spiro atoms. The molecule has 1 aromatic rings. The lowest BCUT2D eigenvalue weighted by atomic mass is 10.2. The van der Waals surface area contributed by atoms with Crippen molar-refractivity contribution in [3.8, 4) is 0 Å². The highest BCUT2D eigenvalue weighted by atomic mass is 32.2. The molecule has 2 atom stereocenters. The second-order valence-corrected chi connectivity index (χ2v) is 5.90. The first-order valence-electron chi connectivity index (χ1n) is 6.33. The molecule has 1 aliphatic heterocycles. The second-order valence-electron chi connectivity index (χ2n) is 4.84. The van der Waals surface area contributed by atoms with Crippen molar-refractivity contribution in [1.82, 2.24) is 0 Å². The number of hydrogen-bond acceptors (Lipinski definition) is 3. The average Bonchev–Trinajstić information content (AvgIpc) is 2.90. The zero-order valence-electron chi connectivity index (χ0n) is 10.4. The van der Waals surface area contributed by atoms with Crippen LogP contribution >= 0.6 is 11.8 Å². The maximum absolute atomic E-state index is 12.5. The number of carbonyl (C=O) groups is 1. The standard InChI is InChI=1S/C14H16N2OS/c1-10-9-12(10)13(17)16(14-15-7-8-18-14)11-5-3-2-4-6-11/h2-6,10,12H,7-9H2,1H3/t10-,12+/m1/s1. The smallest absolute Gasteiger partial charge is 0.236 e. The van der Waals surface area contributed by atoms with Crippen molar-refractivity contribution < 1.29 is 4.79 Å². The number of hydrogen-bond donors (Lipinski definition) is 0. The zero-order chi connectivity index (χ0) is 12.5. The molecule has 0 radical (unpaired) electrons. The summed E-state index contributed by atoms with van der Waals surface area (Å²) in [5.74, 6) is 1.90. The number of amides is 1. The molecule has 0 N–H and O–H groups in total. The minimum absolute atomic E-state index is 0.189. The van der Waals surface area contributed by atoms with Gasteiger partial charge >= 0.3 is 0 Å². The number of carbonyl (C=O) groups excluding carboxylic acids is 1. The topological polar surface area (TPSA) is 32.7 Å². The van der Waals surface area contributed by atoms with E-state index in [1.54, 1.807) is 11.8 Å². The highest BCUT2D eigenvalue weighted by Crippen LogP contribution is 2.41. The van der Waals surface area contributed by atoms with Gasteiger partial charge in [-0.25, -0.2) is 0 Å². The lowest BCUT2D eigenvalue weighted by molar-refractivity contribution is -0.119. The number of anilines is 1. The molecule has 1 heterocycles. The molecule has 1 aliphatic carbocycles. The fourth-order valence-corrected chi connectivity index (χ4v) is 3.07. The van der Waals surface area contributed by atoms with Crippen molar-refractivity contribution in [2.75, 3.05) is 17.2 Å². The highest BCUT2D eigenvalue weighted by Gasteiger charge is 2.43. The zero-order valence-corrected chi connectivity index (χ0v) is 11.2. The largest absolute Gasteiger partial charge is 0.274 e. The Morgan fingerprint density at radius 1 is 1.39 bits per heavy atom. The molecule has 4 heteroatoms. The van der Waals surface area contributed by atoms with Gasteiger partial charge in [-0.2, -0.15) is 0 Å². The average molecular weight is 260 g/mol. The minimum Gasteiger partial charge on any atom is -0.274 e. The lowest BCUT2D eigenvalue weighted by Crippen LogP contribution is -2.36. The summed E-state index contributed by atoms with van der Waals surface area (Å²) in [6, 6.07) is 9.85. The van der Waals surface area contributed by atoms with Crippen LogP contribution in [0.2, 0.25) is 0 Å². The molecule has 0 aromatic heterocycles. The van der Waals surface area contributed by atoms with Crippen LogP contribution in [0.15, 0.2) is 35.3 Å². The van der Waals surface area contributed by atoms with Gasteiger partial charge in [-0.3, -0.25) is 14.7 Å². The summed E-state index contributed by atoms with van der Waals surface area (Å²) in [7, 11) is 0. The molecule has 0 bridgehead atoms. The number of para-hydroxylation sites is 1.